The highest BCUT2D eigenvalue weighted by molar-refractivity contribution is 7.87. The van der Waals surface area contributed by atoms with E-state index in [1.165, 1.54) is 0 Å². The number of nitrogens with zero attached hydrogens (tertiary/aromatic N) is 4. The van der Waals surface area contributed by atoms with E-state index in [9.17, 15) is 13.2 Å². The summed E-state index contributed by atoms with van der Waals surface area (Å²) in [5.41, 5.74) is 0. The Kier molecular flexibility index (Phi) is 4.62. The van der Waals surface area contributed by atoms with Crippen LogP contribution in [-0.4, -0.2) is 58.5 Å². The number of aromatic amines is 1. The van der Waals surface area contributed by atoms with E-state index in [1.54, 1.807) is 6.92 Å². The van der Waals surface area contributed by atoms with Crippen molar-refractivity contribution in [3.05, 3.63) is 5.82 Å². The Bertz CT molecular complexity index is 545. The summed E-state index contributed by atoms with van der Waals surface area (Å²) >= 11 is 0. The highest BCUT2D eigenvalue weighted by Gasteiger charge is 2.39. The molecule has 1 aromatic rings. The molecule has 0 spiro atoms. The van der Waals surface area contributed by atoms with Gasteiger partial charge in [0.1, 0.15) is 6.04 Å². The maximum absolute atomic E-state index is 12.2. The van der Waals surface area contributed by atoms with E-state index < -0.39 is 22.2 Å². The molecule has 20 heavy (non-hydrogen) atoms. The topological polar surface area (TPSA) is 130 Å². The molecule has 2 heterocycles. The summed E-state index contributed by atoms with van der Waals surface area (Å²) < 4.78 is 32.7. The molecule has 0 radical (unpaired) electrons. The molecule has 11 heteroatoms. The maximum atomic E-state index is 12.2. The van der Waals surface area contributed by atoms with Gasteiger partial charge in [-0.3, -0.25) is 4.79 Å². The molecule has 1 saturated heterocycles. The van der Waals surface area contributed by atoms with Crippen molar-refractivity contribution in [2.75, 3.05) is 13.2 Å². The predicted octanol–water partition coefficient (Wildman–Crippen LogP) is -1.44. The Hall–Kier alpha value is -1.59. The smallest absolute Gasteiger partial charge is 0.324 e. The second-order valence-electron chi connectivity index (χ2n) is 4.17. The third kappa shape index (κ3) is 3.29. The van der Waals surface area contributed by atoms with Crippen molar-refractivity contribution < 1.29 is 17.9 Å². The fourth-order valence-corrected chi connectivity index (χ4v) is 3.37. The molecule has 1 atom stereocenters. The lowest BCUT2D eigenvalue weighted by molar-refractivity contribution is -0.146. The van der Waals surface area contributed by atoms with Gasteiger partial charge in [0.25, 0.3) is 10.2 Å². The second kappa shape index (κ2) is 6.24. The van der Waals surface area contributed by atoms with Crippen molar-refractivity contribution in [2.45, 2.75) is 32.4 Å². The molecule has 1 aliphatic heterocycles. The van der Waals surface area contributed by atoms with Gasteiger partial charge in [-0.15, -0.1) is 10.2 Å². The Morgan fingerprint density at radius 2 is 2.40 bits per heavy atom. The number of tetrazole rings is 1. The van der Waals surface area contributed by atoms with Gasteiger partial charge in [0.05, 0.1) is 13.2 Å². The third-order valence-corrected chi connectivity index (χ3v) is 4.44. The van der Waals surface area contributed by atoms with Crippen LogP contribution in [0.5, 0.6) is 0 Å². The number of esters is 1. The first-order valence-electron chi connectivity index (χ1n) is 6.20. The Morgan fingerprint density at radius 1 is 1.60 bits per heavy atom. The van der Waals surface area contributed by atoms with Crippen LogP contribution in [0.2, 0.25) is 0 Å². The van der Waals surface area contributed by atoms with Crippen LogP contribution < -0.4 is 4.72 Å². The molecule has 0 saturated carbocycles. The Balaban J connectivity index is 2.02. The molecular formula is C9H16N6O4S. The van der Waals surface area contributed by atoms with Crippen LogP contribution in [0, 0.1) is 0 Å². The van der Waals surface area contributed by atoms with Crippen LogP contribution in [0.4, 0.5) is 0 Å². The summed E-state index contributed by atoms with van der Waals surface area (Å²) in [5.74, 6) is -0.296. The van der Waals surface area contributed by atoms with Crippen molar-refractivity contribution in [1.82, 2.24) is 29.7 Å². The predicted molar refractivity (Wildman–Crippen MR) is 66.3 cm³/mol. The molecule has 1 fully saturated rings. The van der Waals surface area contributed by atoms with Crippen LogP contribution >= 0.6 is 0 Å². The average Bonchev–Trinajstić information content (AvgIpc) is 3.08. The van der Waals surface area contributed by atoms with E-state index in [0.717, 1.165) is 4.31 Å². The maximum Gasteiger partial charge on any atom is 0.324 e. The summed E-state index contributed by atoms with van der Waals surface area (Å²) in [6, 6.07) is -0.766. The Labute approximate surface area is 116 Å². The van der Waals surface area contributed by atoms with Gasteiger partial charge in [0.2, 0.25) is 0 Å². The Morgan fingerprint density at radius 3 is 3.05 bits per heavy atom. The number of hydrogen-bond donors (Lipinski definition) is 2. The summed E-state index contributed by atoms with van der Waals surface area (Å²) in [6.07, 6.45) is 1.08. The molecule has 0 aromatic carbocycles. The van der Waals surface area contributed by atoms with Gasteiger partial charge in [0, 0.05) is 6.54 Å². The molecule has 1 aromatic heterocycles. The number of hydrogen-bond acceptors (Lipinski definition) is 7. The fourth-order valence-electron chi connectivity index (χ4n) is 2.00. The normalized spacial score (nSPS) is 20.1. The van der Waals surface area contributed by atoms with Crippen molar-refractivity contribution in [2.24, 2.45) is 0 Å². The van der Waals surface area contributed by atoms with E-state index in [4.69, 9.17) is 4.74 Å². The number of H-pyrrole nitrogens is 1. The largest absolute Gasteiger partial charge is 0.465 e. The number of carbonyl (C=O) groups is 1. The quantitative estimate of drug-likeness (QED) is 0.615. The van der Waals surface area contributed by atoms with Crippen LogP contribution in [-0.2, 0) is 26.3 Å². The van der Waals surface area contributed by atoms with Gasteiger partial charge in [-0.05, 0) is 19.8 Å². The van der Waals surface area contributed by atoms with E-state index >= 15 is 0 Å². The number of carbonyl (C=O) groups excluding carboxylic acids is 1. The van der Waals surface area contributed by atoms with Crippen LogP contribution in [0.3, 0.4) is 0 Å². The lowest BCUT2D eigenvalue weighted by Crippen LogP contribution is -2.46. The minimum Gasteiger partial charge on any atom is -0.465 e. The summed E-state index contributed by atoms with van der Waals surface area (Å²) in [4.78, 5) is 11.7. The molecule has 112 valence electrons. The minimum atomic E-state index is -3.79. The zero-order valence-corrected chi connectivity index (χ0v) is 11.8. The fraction of sp³-hybridized carbons (Fsp3) is 0.778. The molecule has 10 nitrogen and oxygen atoms in total. The first-order valence-corrected chi connectivity index (χ1v) is 7.64. The monoisotopic (exact) mass is 304 g/mol. The highest BCUT2D eigenvalue weighted by atomic mass is 32.2. The molecular weight excluding hydrogens is 288 g/mol. The van der Waals surface area contributed by atoms with Gasteiger partial charge in [-0.2, -0.15) is 22.7 Å². The van der Waals surface area contributed by atoms with E-state index in [-0.39, 0.29) is 25.5 Å². The van der Waals surface area contributed by atoms with Crippen LogP contribution in [0.25, 0.3) is 0 Å². The summed E-state index contributed by atoms with van der Waals surface area (Å²) in [7, 11) is -3.79. The van der Waals surface area contributed by atoms with Gasteiger partial charge in [0.15, 0.2) is 5.82 Å². The standard InChI is InChI=1S/C9H16N6O4S/c1-2-19-9(16)7-4-3-5-15(7)20(17,18)10-6-8-11-13-14-12-8/h7,10H,2-6H2,1H3,(H,11,12,13,14). The van der Waals surface area contributed by atoms with Crippen LogP contribution in [0.1, 0.15) is 25.6 Å². The second-order valence-corrected chi connectivity index (χ2v) is 5.88. The van der Waals surface area contributed by atoms with Crippen molar-refractivity contribution >= 4 is 16.2 Å². The average molecular weight is 304 g/mol. The van der Waals surface area contributed by atoms with Crippen molar-refractivity contribution in [3.8, 4) is 0 Å². The van der Waals surface area contributed by atoms with E-state index in [2.05, 4.69) is 25.3 Å². The summed E-state index contributed by atoms with van der Waals surface area (Å²) in [6.45, 7) is 2.09. The van der Waals surface area contributed by atoms with E-state index in [1.807, 2.05) is 0 Å². The molecule has 1 aliphatic rings. The number of ether oxygens (including phenoxy) is 1. The zero-order valence-electron chi connectivity index (χ0n) is 10.9. The SMILES string of the molecule is CCOC(=O)C1CCCN1S(=O)(=O)NCc1nn[nH]n1. The lowest BCUT2D eigenvalue weighted by Gasteiger charge is -2.22. The van der Waals surface area contributed by atoms with Crippen LogP contribution in [0.15, 0.2) is 0 Å². The molecule has 1 unspecified atom stereocenters. The van der Waals surface area contributed by atoms with Gasteiger partial charge < -0.3 is 4.74 Å². The third-order valence-electron chi connectivity index (χ3n) is 2.87. The first-order chi connectivity index (χ1) is 9.54. The zero-order chi connectivity index (χ0) is 14.6. The highest BCUT2D eigenvalue weighted by Crippen LogP contribution is 2.21. The first kappa shape index (κ1) is 14.8. The van der Waals surface area contributed by atoms with Gasteiger partial charge in [-0.1, -0.05) is 5.21 Å². The summed E-state index contributed by atoms with van der Waals surface area (Å²) in [5, 5.41) is 12.8. The molecule has 2 N–H and O–H groups in total. The van der Waals surface area contributed by atoms with Crippen molar-refractivity contribution in [1.29, 1.82) is 0 Å². The number of nitrogens with one attached hydrogen (secondary N) is 2. The molecule has 0 amide bonds. The van der Waals surface area contributed by atoms with Gasteiger partial charge in [-0.25, -0.2) is 0 Å². The molecule has 0 aliphatic carbocycles. The minimum absolute atomic E-state index is 0.0924. The number of aromatic nitrogens is 4. The van der Waals surface area contributed by atoms with Crippen molar-refractivity contribution in [3.63, 3.8) is 0 Å². The molecule has 0 bridgehead atoms. The number of rotatable bonds is 6. The van der Waals surface area contributed by atoms with E-state index in [0.29, 0.717) is 12.8 Å². The molecule has 2 rings (SSSR count). The van der Waals surface area contributed by atoms with Gasteiger partial charge >= 0.3 is 5.97 Å². The lowest BCUT2D eigenvalue weighted by atomic mass is 10.2.